The zero-order chi connectivity index (χ0) is 17.7. The standard InChI is InChI=1S/C17H16N4O3S/c1-4-21-12-6-11-13(24-9(3)19-11)5-10(12)14(16(21)23)15(22)20-17-18-7-8(2)25-17/h5-7,14H,4H2,1-3H3,(H,18,20,22). The number of aryl methyl sites for hydroxylation is 2. The molecule has 25 heavy (non-hydrogen) atoms. The lowest BCUT2D eigenvalue weighted by atomic mass is 9.99. The normalized spacial score (nSPS) is 16.5. The predicted octanol–water partition coefficient (Wildman–Crippen LogP) is 2.99. The molecule has 1 atom stereocenters. The summed E-state index contributed by atoms with van der Waals surface area (Å²) < 4.78 is 5.56. The Morgan fingerprint density at radius 1 is 1.40 bits per heavy atom. The van der Waals surface area contributed by atoms with Gasteiger partial charge in [0.2, 0.25) is 11.8 Å². The molecule has 0 bridgehead atoms. The molecule has 1 N–H and O–H groups in total. The molecule has 1 aromatic carbocycles. The summed E-state index contributed by atoms with van der Waals surface area (Å²) in [6.45, 7) is 6.03. The summed E-state index contributed by atoms with van der Waals surface area (Å²) in [4.78, 5) is 36.6. The van der Waals surface area contributed by atoms with E-state index in [9.17, 15) is 9.59 Å². The summed E-state index contributed by atoms with van der Waals surface area (Å²) in [5.41, 5.74) is 2.61. The SMILES string of the molecule is CCN1C(=O)C(C(=O)Nc2ncc(C)s2)c2cc3oc(C)nc3cc21. The molecule has 1 unspecified atom stereocenters. The molecule has 3 aromatic rings. The van der Waals surface area contributed by atoms with Gasteiger partial charge in [0.25, 0.3) is 0 Å². The number of aromatic nitrogens is 2. The molecule has 4 rings (SSSR count). The molecule has 3 heterocycles. The number of hydrogen-bond acceptors (Lipinski definition) is 6. The molecule has 0 saturated carbocycles. The van der Waals surface area contributed by atoms with Crippen LogP contribution in [0.1, 0.15) is 29.2 Å². The molecule has 1 aliphatic rings. The summed E-state index contributed by atoms with van der Waals surface area (Å²) in [5, 5.41) is 3.24. The number of nitrogens with one attached hydrogen (secondary N) is 1. The van der Waals surface area contributed by atoms with Gasteiger partial charge in [-0.05, 0) is 26.0 Å². The summed E-state index contributed by atoms with van der Waals surface area (Å²) in [5.74, 6) is -0.985. The summed E-state index contributed by atoms with van der Waals surface area (Å²) in [6, 6.07) is 3.55. The fourth-order valence-corrected chi connectivity index (χ4v) is 3.80. The maximum Gasteiger partial charge on any atom is 0.244 e. The highest BCUT2D eigenvalue weighted by molar-refractivity contribution is 7.15. The first-order chi connectivity index (χ1) is 12.0. The Hall–Kier alpha value is -2.74. The number of fused-ring (bicyclic) bond motifs is 2. The third-order valence-electron chi connectivity index (χ3n) is 4.19. The molecule has 0 saturated heterocycles. The number of carbonyl (C=O) groups is 2. The summed E-state index contributed by atoms with van der Waals surface area (Å²) in [7, 11) is 0. The van der Waals surface area contributed by atoms with Gasteiger partial charge in [0.05, 0.1) is 5.69 Å². The lowest BCUT2D eigenvalue weighted by Gasteiger charge is -2.14. The zero-order valence-corrected chi connectivity index (χ0v) is 14.8. The second-order valence-electron chi connectivity index (χ2n) is 5.89. The number of benzene rings is 1. The van der Waals surface area contributed by atoms with Gasteiger partial charge in [-0.3, -0.25) is 9.59 Å². The smallest absolute Gasteiger partial charge is 0.244 e. The van der Waals surface area contributed by atoms with Gasteiger partial charge >= 0.3 is 0 Å². The van der Waals surface area contributed by atoms with Crippen LogP contribution in [0, 0.1) is 13.8 Å². The van der Waals surface area contributed by atoms with Crippen LogP contribution in [0.25, 0.3) is 11.1 Å². The van der Waals surface area contributed by atoms with Crippen LogP contribution >= 0.6 is 11.3 Å². The third-order valence-corrected chi connectivity index (χ3v) is 5.02. The van der Waals surface area contributed by atoms with Crippen LogP contribution < -0.4 is 10.2 Å². The van der Waals surface area contributed by atoms with E-state index >= 15 is 0 Å². The number of amides is 2. The molecule has 128 valence electrons. The minimum Gasteiger partial charge on any atom is -0.441 e. The molecular formula is C17H16N4O3S. The van der Waals surface area contributed by atoms with Crippen LogP contribution in [0.15, 0.2) is 22.7 Å². The Morgan fingerprint density at radius 3 is 2.88 bits per heavy atom. The molecule has 2 amide bonds. The largest absolute Gasteiger partial charge is 0.441 e. The minimum atomic E-state index is -0.908. The van der Waals surface area contributed by atoms with Gasteiger partial charge in [-0.15, -0.1) is 11.3 Å². The molecular weight excluding hydrogens is 340 g/mol. The van der Waals surface area contributed by atoms with E-state index in [4.69, 9.17) is 4.42 Å². The van der Waals surface area contributed by atoms with Crippen molar-refractivity contribution in [3.05, 3.63) is 34.7 Å². The molecule has 0 aliphatic carbocycles. The fraction of sp³-hybridized carbons (Fsp3) is 0.294. The van der Waals surface area contributed by atoms with E-state index in [1.54, 1.807) is 24.1 Å². The average Bonchev–Trinajstić information content (AvgIpc) is 3.19. The fourth-order valence-electron chi connectivity index (χ4n) is 3.14. The Bertz CT molecular complexity index is 1010. The van der Waals surface area contributed by atoms with Crippen molar-refractivity contribution in [1.82, 2.24) is 9.97 Å². The lowest BCUT2D eigenvalue weighted by molar-refractivity contribution is -0.126. The monoisotopic (exact) mass is 356 g/mol. The Kier molecular flexibility index (Phi) is 3.57. The first-order valence-corrected chi connectivity index (χ1v) is 8.75. The van der Waals surface area contributed by atoms with Crippen molar-refractivity contribution in [2.75, 3.05) is 16.8 Å². The number of nitrogens with zero attached hydrogens (tertiary/aromatic N) is 3. The van der Waals surface area contributed by atoms with Crippen LogP contribution in [0.5, 0.6) is 0 Å². The van der Waals surface area contributed by atoms with Crippen molar-refractivity contribution in [2.45, 2.75) is 26.7 Å². The molecule has 0 radical (unpaired) electrons. The van der Waals surface area contributed by atoms with E-state index in [1.165, 1.54) is 11.3 Å². The van der Waals surface area contributed by atoms with E-state index in [-0.39, 0.29) is 11.8 Å². The van der Waals surface area contributed by atoms with Gasteiger partial charge in [0.1, 0.15) is 11.4 Å². The van der Waals surface area contributed by atoms with Crippen molar-refractivity contribution >= 4 is 45.1 Å². The van der Waals surface area contributed by atoms with Crippen LogP contribution in [0.3, 0.4) is 0 Å². The first kappa shape index (κ1) is 15.8. The summed E-state index contributed by atoms with van der Waals surface area (Å²) >= 11 is 1.37. The van der Waals surface area contributed by atoms with Gasteiger partial charge < -0.3 is 14.6 Å². The quantitative estimate of drug-likeness (QED) is 0.729. The lowest BCUT2D eigenvalue weighted by Crippen LogP contribution is -2.33. The van der Waals surface area contributed by atoms with Gasteiger partial charge in [-0.25, -0.2) is 9.97 Å². The van der Waals surface area contributed by atoms with Crippen molar-refractivity contribution in [3.63, 3.8) is 0 Å². The number of carbonyl (C=O) groups excluding carboxylic acids is 2. The molecule has 0 fully saturated rings. The molecule has 2 aromatic heterocycles. The number of anilines is 2. The number of hydrogen-bond donors (Lipinski definition) is 1. The van der Waals surface area contributed by atoms with E-state index in [2.05, 4.69) is 15.3 Å². The van der Waals surface area contributed by atoms with E-state index in [1.807, 2.05) is 19.9 Å². The minimum absolute atomic E-state index is 0.243. The van der Waals surface area contributed by atoms with E-state index < -0.39 is 5.92 Å². The first-order valence-electron chi connectivity index (χ1n) is 7.93. The Balaban J connectivity index is 1.77. The number of rotatable bonds is 3. The van der Waals surface area contributed by atoms with Crippen LogP contribution in [-0.4, -0.2) is 28.3 Å². The van der Waals surface area contributed by atoms with Crippen molar-refractivity contribution in [1.29, 1.82) is 0 Å². The maximum atomic E-state index is 12.8. The highest BCUT2D eigenvalue weighted by atomic mass is 32.1. The van der Waals surface area contributed by atoms with Gasteiger partial charge in [-0.1, -0.05) is 0 Å². The van der Waals surface area contributed by atoms with Crippen LogP contribution in [-0.2, 0) is 9.59 Å². The van der Waals surface area contributed by atoms with Crippen molar-refractivity contribution in [3.8, 4) is 0 Å². The highest BCUT2D eigenvalue weighted by Crippen LogP contribution is 2.40. The zero-order valence-electron chi connectivity index (χ0n) is 14.0. The van der Waals surface area contributed by atoms with Gasteiger partial charge in [0, 0.05) is 30.1 Å². The van der Waals surface area contributed by atoms with Crippen molar-refractivity contribution < 1.29 is 14.0 Å². The Labute approximate surface area is 147 Å². The number of thiazole rings is 1. The van der Waals surface area contributed by atoms with Crippen molar-refractivity contribution in [2.24, 2.45) is 0 Å². The third kappa shape index (κ3) is 2.49. The Morgan fingerprint density at radius 2 is 2.20 bits per heavy atom. The molecule has 7 nitrogen and oxygen atoms in total. The van der Waals surface area contributed by atoms with E-state index in [0.29, 0.717) is 39.9 Å². The average molecular weight is 356 g/mol. The number of likely N-dealkylation sites (N-methyl/N-ethyl adjacent to an activating group) is 1. The van der Waals surface area contributed by atoms with Crippen LogP contribution in [0.4, 0.5) is 10.8 Å². The second kappa shape index (κ2) is 5.66. The molecule has 8 heteroatoms. The summed E-state index contributed by atoms with van der Waals surface area (Å²) in [6.07, 6.45) is 1.68. The molecule has 0 spiro atoms. The maximum absolute atomic E-state index is 12.8. The second-order valence-corrected chi connectivity index (χ2v) is 7.13. The topological polar surface area (TPSA) is 88.3 Å². The number of oxazole rings is 1. The predicted molar refractivity (Wildman–Crippen MR) is 95.0 cm³/mol. The highest BCUT2D eigenvalue weighted by Gasteiger charge is 2.42. The van der Waals surface area contributed by atoms with Crippen LogP contribution in [0.2, 0.25) is 0 Å². The van der Waals surface area contributed by atoms with E-state index in [0.717, 1.165) is 4.88 Å². The molecule has 1 aliphatic heterocycles. The van der Waals surface area contributed by atoms with Gasteiger partial charge in [0.15, 0.2) is 16.6 Å². The van der Waals surface area contributed by atoms with Gasteiger partial charge in [-0.2, -0.15) is 0 Å².